The number of hydrogen-bond donors (Lipinski definition) is 1. The van der Waals surface area contributed by atoms with E-state index in [1.165, 1.54) is 20.7 Å². The molecule has 66 valence electrons. The molecule has 1 heterocycles. The largest absolute Gasteiger partial charge is 0.399 e. The van der Waals surface area contributed by atoms with E-state index in [1.54, 1.807) is 12.1 Å². The highest BCUT2D eigenvalue weighted by Crippen LogP contribution is 2.20. The van der Waals surface area contributed by atoms with Crippen LogP contribution in [0.25, 0.3) is 11.1 Å². The fourth-order valence-electron chi connectivity index (χ4n) is 1.06. The lowest BCUT2D eigenvalue weighted by molar-refractivity contribution is 1.64. The second-order valence-corrected chi connectivity index (χ2v) is 4.66. The van der Waals surface area contributed by atoms with Crippen molar-refractivity contribution in [2.75, 3.05) is 5.73 Å². The lowest BCUT2D eigenvalue weighted by Gasteiger charge is -1.96. The molecule has 2 aromatic rings. The summed E-state index contributed by atoms with van der Waals surface area (Å²) in [7, 11) is 2.72. The number of anilines is 1. The molecule has 2 N–H and O–H groups in total. The second-order valence-electron chi connectivity index (χ2n) is 2.62. The average molecular weight is 209 g/mol. The average Bonchev–Trinajstić information content (AvgIpc) is 2.53. The summed E-state index contributed by atoms with van der Waals surface area (Å²) in [4.78, 5) is 11.3. The predicted molar refractivity (Wildman–Crippen MR) is 58.3 cm³/mol. The molecule has 2 nitrogen and oxygen atoms in total. The van der Waals surface area contributed by atoms with Gasteiger partial charge in [-0.3, -0.25) is 4.79 Å². The summed E-state index contributed by atoms with van der Waals surface area (Å²) in [6.07, 6.45) is 0. The smallest absolute Gasteiger partial charge is 0.250 e. The van der Waals surface area contributed by atoms with Crippen LogP contribution in [0.3, 0.4) is 0 Å². The summed E-state index contributed by atoms with van der Waals surface area (Å²) in [5.41, 5.74) is 7.98. The van der Waals surface area contributed by atoms with Crippen LogP contribution in [0.1, 0.15) is 0 Å². The summed E-state index contributed by atoms with van der Waals surface area (Å²) >= 11 is 0. The highest BCUT2D eigenvalue weighted by atomic mass is 32.9. The molecule has 0 aliphatic rings. The SMILES string of the molecule is Nc1ccc(-c2cssc2=O)cc1. The molecule has 13 heavy (non-hydrogen) atoms. The van der Waals surface area contributed by atoms with Gasteiger partial charge in [0.2, 0.25) is 0 Å². The minimum Gasteiger partial charge on any atom is -0.399 e. The Kier molecular flexibility index (Phi) is 2.16. The van der Waals surface area contributed by atoms with Crippen LogP contribution >= 0.6 is 20.7 Å². The van der Waals surface area contributed by atoms with Gasteiger partial charge >= 0.3 is 0 Å². The summed E-state index contributed by atoms with van der Waals surface area (Å²) in [6.45, 7) is 0. The van der Waals surface area contributed by atoms with Crippen LogP contribution in [0, 0.1) is 0 Å². The van der Waals surface area contributed by atoms with Gasteiger partial charge in [0, 0.05) is 11.1 Å². The van der Waals surface area contributed by atoms with Gasteiger partial charge in [-0.15, -0.1) is 0 Å². The number of benzene rings is 1. The zero-order valence-electron chi connectivity index (χ0n) is 6.69. The molecule has 0 saturated carbocycles. The van der Waals surface area contributed by atoms with Gasteiger partial charge < -0.3 is 5.73 Å². The lowest BCUT2D eigenvalue weighted by Crippen LogP contribution is -1.93. The summed E-state index contributed by atoms with van der Waals surface area (Å²) in [5, 5.41) is 1.87. The van der Waals surface area contributed by atoms with Crippen molar-refractivity contribution in [1.82, 2.24) is 0 Å². The number of nitrogens with two attached hydrogens (primary N) is 1. The normalized spacial score (nSPS) is 10.2. The molecular weight excluding hydrogens is 202 g/mol. The molecule has 2 rings (SSSR count). The van der Waals surface area contributed by atoms with Gasteiger partial charge in [-0.25, -0.2) is 0 Å². The molecule has 0 amide bonds. The molecule has 1 aromatic carbocycles. The van der Waals surface area contributed by atoms with E-state index in [2.05, 4.69) is 0 Å². The lowest BCUT2D eigenvalue weighted by atomic mass is 10.1. The zero-order chi connectivity index (χ0) is 9.26. The van der Waals surface area contributed by atoms with Crippen molar-refractivity contribution < 1.29 is 0 Å². The van der Waals surface area contributed by atoms with Crippen LogP contribution < -0.4 is 10.5 Å². The van der Waals surface area contributed by atoms with E-state index in [0.29, 0.717) is 0 Å². The number of nitrogen functional groups attached to an aromatic ring is 1. The molecule has 1 aromatic heterocycles. The van der Waals surface area contributed by atoms with E-state index in [4.69, 9.17) is 5.73 Å². The van der Waals surface area contributed by atoms with Crippen molar-refractivity contribution >= 4 is 26.4 Å². The first kappa shape index (κ1) is 8.47. The van der Waals surface area contributed by atoms with Gasteiger partial charge in [-0.1, -0.05) is 22.5 Å². The molecule has 0 fully saturated rings. The van der Waals surface area contributed by atoms with Crippen molar-refractivity contribution in [2.45, 2.75) is 0 Å². The maximum atomic E-state index is 11.3. The Morgan fingerprint density at radius 1 is 1.15 bits per heavy atom. The maximum Gasteiger partial charge on any atom is 0.250 e. The van der Waals surface area contributed by atoms with Gasteiger partial charge in [0.25, 0.3) is 4.74 Å². The van der Waals surface area contributed by atoms with E-state index in [9.17, 15) is 4.79 Å². The van der Waals surface area contributed by atoms with Crippen LogP contribution in [0.4, 0.5) is 5.69 Å². The molecule has 0 radical (unpaired) electrons. The Morgan fingerprint density at radius 3 is 2.38 bits per heavy atom. The summed E-state index contributed by atoms with van der Waals surface area (Å²) in [5.74, 6) is 0. The molecule has 0 aliphatic carbocycles. The minimum atomic E-state index is 0.120. The highest BCUT2D eigenvalue weighted by molar-refractivity contribution is 7.68. The fourth-order valence-corrected chi connectivity index (χ4v) is 2.84. The molecular formula is C9H7NOS2. The van der Waals surface area contributed by atoms with E-state index in [1.807, 2.05) is 17.5 Å². The Labute approximate surface area is 82.7 Å². The molecule has 4 heteroatoms. The topological polar surface area (TPSA) is 43.1 Å². The molecule has 0 unspecified atom stereocenters. The van der Waals surface area contributed by atoms with E-state index in [-0.39, 0.29) is 4.74 Å². The van der Waals surface area contributed by atoms with E-state index >= 15 is 0 Å². The molecule has 0 aliphatic heterocycles. The van der Waals surface area contributed by atoms with Crippen LogP contribution in [-0.2, 0) is 0 Å². The maximum absolute atomic E-state index is 11.3. The van der Waals surface area contributed by atoms with Crippen LogP contribution in [0.2, 0.25) is 0 Å². The summed E-state index contributed by atoms with van der Waals surface area (Å²) in [6, 6.07) is 7.34. The van der Waals surface area contributed by atoms with Crippen molar-refractivity contribution in [2.24, 2.45) is 0 Å². The monoisotopic (exact) mass is 209 g/mol. The van der Waals surface area contributed by atoms with Gasteiger partial charge in [-0.05, 0) is 28.0 Å². The predicted octanol–water partition coefficient (Wildman–Crippen LogP) is 2.42. The van der Waals surface area contributed by atoms with Gasteiger partial charge in [0.05, 0.1) is 5.56 Å². The number of rotatable bonds is 1. The van der Waals surface area contributed by atoms with E-state index < -0.39 is 0 Å². The standard InChI is InChI=1S/C9H7NOS2/c10-7-3-1-6(2-4-7)8-5-12-13-9(8)11/h1-5H,10H2. The first-order chi connectivity index (χ1) is 6.27. The van der Waals surface area contributed by atoms with Crippen molar-refractivity contribution in [1.29, 1.82) is 0 Å². The van der Waals surface area contributed by atoms with Crippen molar-refractivity contribution in [3.05, 3.63) is 39.2 Å². The molecule has 0 spiro atoms. The first-order valence-electron chi connectivity index (χ1n) is 3.71. The van der Waals surface area contributed by atoms with Crippen LogP contribution in [0.15, 0.2) is 34.4 Å². The van der Waals surface area contributed by atoms with Crippen LogP contribution in [-0.4, -0.2) is 0 Å². The Bertz CT molecular complexity index is 455. The summed E-state index contributed by atoms with van der Waals surface area (Å²) < 4.78 is 0.120. The second kappa shape index (κ2) is 3.32. The first-order valence-corrected chi connectivity index (χ1v) is 5.92. The van der Waals surface area contributed by atoms with Crippen molar-refractivity contribution in [3.63, 3.8) is 0 Å². The Morgan fingerprint density at radius 2 is 1.85 bits per heavy atom. The van der Waals surface area contributed by atoms with Gasteiger partial charge in [-0.2, -0.15) is 0 Å². The third-order valence-corrected chi connectivity index (χ3v) is 3.56. The highest BCUT2D eigenvalue weighted by Gasteiger charge is 2.02. The fraction of sp³-hybridized carbons (Fsp3) is 0. The molecule has 0 bridgehead atoms. The zero-order valence-corrected chi connectivity index (χ0v) is 8.32. The van der Waals surface area contributed by atoms with E-state index in [0.717, 1.165) is 16.8 Å². The third kappa shape index (κ3) is 1.64. The third-order valence-electron chi connectivity index (χ3n) is 1.73. The van der Waals surface area contributed by atoms with Crippen molar-refractivity contribution in [3.8, 4) is 11.1 Å². The Hall–Kier alpha value is -1.13. The Balaban J connectivity index is 2.54. The van der Waals surface area contributed by atoms with Gasteiger partial charge in [0.1, 0.15) is 0 Å². The minimum absolute atomic E-state index is 0.120. The molecule has 0 atom stereocenters. The molecule has 0 saturated heterocycles. The van der Waals surface area contributed by atoms with Crippen LogP contribution in [0.5, 0.6) is 0 Å². The quantitative estimate of drug-likeness (QED) is 0.579. The number of hydrogen-bond acceptors (Lipinski definition) is 4. The van der Waals surface area contributed by atoms with Gasteiger partial charge in [0.15, 0.2) is 0 Å².